The zero-order valence-electron chi connectivity index (χ0n) is 19.7. The van der Waals surface area contributed by atoms with Crippen LogP contribution < -0.4 is 24.3 Å². The van der Waals surface area contributed by atoms with Crippen LogP contribution in [0.5, 0.6) is 23.0 Å². The van der Waals surface area contributed by atoms with E-state index in [-0.39, 0.29) is 18.9 Å². The fourth-order valence-electron chi connectivity index (χ4n) is 3.49. The lowest BCUT2D eigenvalue weighted by Crippen LogP contribution is -2.17. The van der Waals surface area contributed by atoms with E-state index < -0.39 is 5.97 Å². The van der Waals surface area contributed by atoms with Crippen molar-refractivity contribution in [2.45, 2.75) is 13.3 Å². The van der Waals surface area contributed by atoms with E-state index in [0.29, 0.717) is 44.7 Å². The van der Waals surface area contributed by atoms with Crippen molar-refractivity contribution in [3.8, 4) is 34.1 Å². The standard InChI is InChI=1S/C25H27NO7S/c1-6-33-25(28)21-18(15-7-10-17(29-2)11-8-15)14-34-24(21)26-20(27)13-16-9-12-19(30-3)23(32-5)22(16)31-4/h7-12,14H,6,13H2,1-5H3,(H,26,27). The largest absolute Gasteiger partial charge is 0.497 e. The van der Waals surface area contributed by atoms with Crippen molar-refractivity contribution in [2.24, 2.45) is 0 Å². The number of esters is 1. The number of thiophene rings is 1. The molecule has 0 aliphatic carbocycles. The summed E-state index contributed by atoms with van der Waals surface area (Å²) in [5, 5.41) is 5.09. The van der Waals surface area contributed by atoms with Gasteiger partial charge in [-0.15, -0.1) is 11.3 Å². The minimum Gasteiger partial charge on any atom is -0.497 e. The van der Waals surface area contributed by atoms with Crippen molar-refractivity contribution < 1.29 is 33.3 Å². The minimum atomic E-state index is -0.506. The van der Waals surface area contributed by atoms with Crippen LogP contribution in [0.25, 0.3) is 11.1 Å². The number of rotatable bonds is 10. The van der Waals surface area contributed by atoms with Gasteiger partial charge in [0.15, 0.2) is 11.5 Å². The molecule has 0 saturated carbocycles. The Kier molecular flexibility index (Phi) is 8.37. The van der Waals surface area contributed by atoms with Crippen molar-refractivity contribution >= 4 is 28.2 Å². The molecule has 0 spiro atoms. The minimum absolute atomic E-state index is 0.00155. The van der Waals surface area contributed by atoms with Crippen molar-refractivity contribution in [3.05, 3.63) is 52.9 Å². The van der Waals surface area contributed by atoms with Crippen LogP contribution in [0.4, 0.5) is 5.00 Å². The molecule has 1 aromatic heterocycles. The van der Waals surface area contributed by atoms with E-state index in [4.69, 9.17) is 23.7 Å². The predicted molar refractivity (Wildman–Crippen MR) is 131 cm³/mol. The third-order valence-electron chi connectivity index (χ3n) is 5.06. The number of anilines is 1. The Labute approximate surface area is 202 Å². The second-order valence-electron chi connectivity index (χ2n) is 7.02. The molecule has 3 aromatic rings. The van der Waals surface area contributed by atoms with Crippen molar-refractivity contribution in [3.63, 3.8) is 0 Å². The summed E-state index contributed by atoms with van der Waals surface area (Å²) >= 11 is 1.26. The van der Waals surface area contributed by atoms with Gasteiger partial charge in [-0.25, -0.2) is 4.79 Å². The number of benzene rings is 2. The van der Waals surface area contributed by atoms with E-state index in [1.54, 1.807) is 26.2 Å². The molecule has 0 unspecified atom stereocenters. The molecule has 0 aliphatic rings. The van der Waals surface area contributed by atoms with Crippen LogP contribution in [0.15, 0.2) is 41.8 Å². The summed E-state index contributed by atoms with van der Waals surface area (Å²) in [6.07, 6.45) is 0.00155. The lowest BCUT2D eigenvalue weighted by Gasteiger charge is -2.15. The van der Waals surface area contributed by atoms with Crippen LogP contribution in [-0.4, -0.2) is 46.9 Å². The van der Waals surface area contributed by atoms with E-state index in [2.05, 4.69) is 5.32 Å². The summed E-state index contributed by atoms with van der Waals surface area (Å²) in [6, 6.07) is 10.8. The molecule has 9 heteroatoms. The molecule has 1 amide bonds. The third-order valence-corrected chi connectivity index (χ3v) is 5.96. The smallest absolute Gasteiger partial charge is 0.341 e. The number of methoxy groups -OCH3 is 4. The Balaban J connectivity index is 1.91. The van der Waals surface area contributed by atoms with E-state index in [1.807, 2.05) is 29.6 Å². The summed E-state index contributed by atoms with van der Waals surface area (Å²) < 4.78 is 26.6. The van der Waals surface area contributed by atoms with Crippen LogP contribution >= 0.6 is 11.3 Å². The molecule has 3 rings (SSSR count). The van der Waals surface area contributed by atoms with Gasteiger partial charge >= 0.3 is 5.97 Å². The molecule has 180 valence electrons. The normalized spacial score (nSPS) is 10.4. The molecule has 0 atom stereocenters. The van der Waals surface area contributed by atoms with E-state index in [9.17, 15) is 9.59 Å². The lowest BCUT2D eigenvalue weighted by molar-refractivity contribution is -0.115. The molecule has 0 bridgehead atoms. The molecular weight excluding hydrogens is 458 g/mol. The number of hydrogen-bond acceptors (Lipinski definition) is 8. The molecule has 0 fully saturated rings. The predicted octanol–water partition coefficient (Wildman–Crippen LogP) is 4.81. The van der Waals surface area contributed by atoms with E-state index in [0.717, 1.165) is 5.56 Å². The van der Waals surface area contributed by atoms with Gasteiger partial charge in [0.1, 0.15) is 16.3 Å². The number of nitrogens with one attached hydrogen (secondary N) is 1. The van der Waals surface area contributed by atoms with Crippen molar-refractivity contribution in [1.29, 1.82) is 0 Å². The zero-order valence-corrected chi connectivity index (χ0v) is 20.5. The molecule has 2 aromatic carbocycles. The molecule has 34 heavy (non-hydrogen) atoms. The van der Waals surface area contributed by atoms with Crippen LogP contribution in [-0.2, 0) is 16.0 Å². The first kappa shape index (κ1) is 24.9. The van der Waals surface area contributed by atoms with Gasteiger partial charge in [0.2, 0.25) is 11.7 Å². The second-order valence-corrected chi connectivity index (χ2v) is 7.90. The Morgan fingerprint density at radius 3 is 2.18 bits per heavy atom. The number of ether oxygens (including phenoxy) is 5. The highest BCUT2D eigenvalue weighted by atomic mass is 32.1. The summed E-state index contributed by atoms with van der Waals surface area (Å²) in [4.78, 5) is 25.8. The first-order valence-corrected chi connectivity index (χ1v) is 11.4. The maximum absolute atomic E-state index is 13.0. The summed E-state index contributed by atoms with van der Waals surface area (Å²) in [6.45, 7) is 1.95. The van der Waals surface area contributed by atoms with Gasteiger partial charge in [-0.1, -0.05) is 18.2 Å². The van der Waals surface area contributed by atoms with Crippen LogP contribution in [0, 0.1) is 0 Å². The number of amides is 1. The van der Waals surface area contributed by atoms with Crippen molar-refractivity contribution in [1.82, 2.24) is 0 Å². The monoisotopic (exact) mass is 485 g/mol. The first-order chi connectivity index (χ1) is 16.5. The van der Waals surface area contributed by atoms with Crippen LogP contribution in [0.2, 0.25) is 0 Å². The van der Waals surface area contributed by atoms with Gasteiger partial charge in [-0.05, 0) is 30.7 Å². The van der Waals surface area contributed by atoms with E-state index >= 15 is 0 Å². The average molecular weight is 486 g/mol. The maximum atomic E-state index is 13.0. The molecule has 0 aliphatic heterocycles. The SMILES string of the molecule is CCOC(=O)c1c(-c2ccc(OC)cc2)csc1NC(=O)Cc1ccc(OC)c(OC)c1OC. The zero-order chi connectivity index (χ0) is 24.7. The van der Waals surface area contributed by atoms with Gasteiger partial charge in [-0.3, -0.25) is 4.79 Å². The fraction of sp³-hybridized carbons (Fsp3) is 0.280. The Morgan fingerprint density at radius 1 is 0.882 bits per heavy atom. The topological polar surface area (TPSA) is 92.3 Å². The van der Waals surface area contributed by atoms with Gasteiger partial charge in [-0.2, -0.15) is 0 Å². The second kappa shape index (κ2) is 11.4. The maximum Gasteiger partial charge on any atom is 0.341 e. The fourth-order valence-corrected chi connectivity index (χ4v) is 4.46. The van der Waals surface area contributed by atoms with Crippen LogP contribution in [0.3, 0.4) is 0 Å². The molecular formula is C25H27NO7S. The highest BCUT2D eigenvalue weighted by Gasteiger charge is 2.24. The molecule has 1 N–H and O–H groups in total. The van der Waals surface area contributed by atoms with Gasteiger partial charge < -0.3 is 29.0 Å². The Morgan fingerprint density at radius 2 is 1.59 bits per heavy atom. The lowest BCUT2D eigenvalue weighted by atomic mass is 10.0. The third kappa shape index (κ3) is 5.26. The summed E-state index contributed by atoms with van der Waals surface area (Å²) in [5.41, 5.74) is 2.40. The van der Waals surface area contributed by atoms with Crippen LogP contribution in [0.1, 0.15) is 22.8 Å². The number of carbonyl (C=O) groups excluding carboxylic acids is 2. The van der Waals surface area contributed by atoms with Gasteiger partial charge in [0.05, 0.1) is 41.5 Å². The first-order valence-electron chi connectivity index (χ1n) is 10.5. The number of hydrogen-bond donors (Lipinski definition) is 1. The molecule has 8 nitrogen and oxygen atoms in total. The van der Waals surface area contributed by atoms with E-state index in [1.165, 1.54) is 32.7 Å². The van der Waals surface area contributed by atoms with Gasteiger partial charge in [0, 0.05) is 16.5 Å². The summed E-state index contributed by atoms with van der Waals surface area (Å²) in [5.74, 6) is 1.19. The summed E-state index contributed by atoms with van der Waals surface area (Å²) in [7, 11) is 6.11. The highest BCUT2D eigenvalue weighted by molar-refractivity contribution is 7.15. The van der Waals surface area contributed by atoms with Crippen molar-refractivity contribution in [2.75, 3.05) is 40.4 Å². The highest BCUT2D eigenvalue weighted by Crippen LogP contribution is 2.40. The molecule has 1 heterocycles. The molecule has 0 radical (unpaired) electrons. The van der Waals surface area contributed by atoms with Gasteiger partial charge in [0.25, 0.3) is 0 Å². The average Bonchev–Trinajstić information content (AvgIpc) is 3.27. The quantitative estimate of drug-likeness (QED) is 0.412. The Hall–Kier alpha value is -3.72. The number of carbonyl (C=O) groups is 2. The Bertz CT molecular complexity index is 1150. The molecule has 0 saturated heterocycles.